The van der Waals surface area contributed by atoms with E-state index in [0.29, 0.717) is 11.5 Å². The topological polar surface area (TPSA) is 50.7 Å². The van der Waals surface area contributed by atoms with Gasteiger partial charge in [-0.3, -0.25) is 0 Å². The van der Waals surface area contributed by atoms with Crippen LogP contribution in [0.3, 0.4) is 0 Å². The number of ether oxygens (including phenoxy) is 2. The molecule has 1 aliphatic rings. The highest BCUT2D eigenvalue weighted by molar-refractivity contribution is 5.55. The fraction of sp³-hybridized carbons (Fsp3) is 0.571. The summed E-state index contributed by atoms with van der Waals surface area (Å²) >= 11 is 0. The molecule has 2 atom stereocenters. The number of nitrogens with one attached hydrogen (secondary N) is 1. The van der Waals surface area contributed by atoms with Gasteiger partial charge in [-0.05, 0) is 25.0 Å². The van der Waals surface area contributed by atoms with Crippen molar-refractivity contribution in [1.82, 2.24) is 0 Å². The maximum atomic E-state index is 9.94. The molecule has 18 heavy (non-hydrogen) atoms. The molecule has 2 rings (SSSR count). The van der Waals surface area contributed by atoms with E-state index >= 15 is 0 Å². The molecule has 1 aromatic carbocycles. The van der Waals surface area contributed by atoms with Gasteiger partial charge in [0.2, 0.25) is 0 Å². The van der Waals surface area contributed by atoms with Crippen LogP contribution in [-0.4, -0.2) is 31.5 Å². The number of hydrogen-bond donors (Lipinski definition) is 2. The molecule has 0 heterocycles. The van der Waals surface area contributed by atoms with Crippen molar-refractivity contribution in [2.45, 2.75) is 37.8 Å². The Morgan fingerprint density at radius 1 is 1.11 bits per heavy atom. The highest BCUT2D eigenvalue weighted by Crippen LogP contribution is 2.31. The second kappa shape index (κ2) is 5.96. The van der Waals surface area contributed by atoms with Crippen LogP contribution in [0, 0.1) is 0 Å². The van der Waals surface area contributed by atoms with Gasteiger partial charge in [0, 0.05) is 11.8 Å². The smallest absolute Gasteiger partial charge is 0.162 e. The van der Waals surface area contributed by atoms with E-state index < -0.39 is 0 Å². The molecule has 4 heteroatoms. The lowest BCUT2D eigenvalue weighted by Crippen LogP contribution is -2.36. The number of anilines is 1. The minimum Gasteiger partial charge on any atom is -0.493 e. The molecule has 100 valence electrons. The quantitative estimate of drug-likeness (QED) is 0.863. The average molecular weight is 251 g/mol. The third-order valence-corrected chi connectivity index (χ3v) is 3.47. The van der Waals surface area contributed by atoms with Crippen molar-refractivity contribution in [3.05, 3.63) is 18.2 Å². The molecule has 1 fully saturated rings. The molecule has 0 saturated heterocycles. The van der Waals surface area contributed by atoms with Gasteiger partial charge in [-0.15, -0.1) is 0 Å². The molecular formula is C14H21NO3. The lowest BCUT2D eigenvalue weighted by Gasteiger charge is -2.29. The van der Waals surface area contributed by atoms with E-state index in [9.17, 15) is 5.11 Å². The molecular weight excluding hydrogens is 230 g/mol. The van der Waals surface area contributed by atoms with Crippen molar-refractivity contribution < 1.29 is 14.6 Å². The minimum atomic E-state index is -0.258. The van der Waals surface area contributed by atoms with Gasteiger partial charge in [0.05, 0.1) is 26.4 Å². The summed E-state index contributed by atoms with van der Waals surface area (Å²) in [5.74, 6) is 1.42. The molecule has 0 aliphatic heterocycles. The first-order valence-electron chi connectivity index (χ1n) is 6.41. The molecule has 4 nitrogen and oxygen atoms in total. The van der Waals surface area contributed by atoms with Crippen molar-refractivity contribution in [2.75, 3.05) is 19.5 Å². The van der Waals surface area contributed by atoms with Gasteiger partial charge in [-0.25, -0.2) is 0 Å². The van der Waals surface area contributed by atoms with Gasteiger partial charge in [0.25, 0.3) is 0 Å². The third-order valence-electron chi connectivity index (χ3n) is 3.47. The molecule has 0 amide bonds. The van der Waals surface area contributed by atoms with E-state index in [2.05, 4.69) is 5.32 Å². The largest absolute Gasteiger partial charge is 0.493 e. The number of hydrogen-bond acceptors (Lipinski definition) is 4. The minimum absolute atomic E-state index is 0.136. The molecule has 1 aliphatic carbocycles. The predicted molar refractivity (Wildman–Crippen MR) is 71.4 cm³/mol. The van der Waals surface area contributed by atoms with E-state index in [1.165, 1.54) is 6.42 Å². The monoisotopic (exact) mass is 251 g/mol. The Morgan fingerprint density at radius 3 is 2.50 bits per heavy atom. The molecule has 2 N–H and O–H groups in total. The fourth-order valence-electron chi connectivity index (χ4n) is 2.42. The summed E-state index contributed by atoms with van der Waals surface area (Å²) in [6.45, 7) is 0. The van der Waals surface area contributed by atoms with Gasteiger partial charge in [0.1, 0.15) is 0 Å². The van der Waals surface area contributed by atoms with E-state index in [1.807, 2.05) is 18.2 Å². The van der Waals surface area contributed by atoms with Gasteiger partial charge in [-0.2, -0.15) is 0 Å². The summed E-state index contributed by atoms with van der Waals surface area (Å²) in [4.78, 5) is 0. The van der Waals surface area contributed by atoms with Crippen LogP contribution < -0.4 is 14.8 Å². The number of benzene rings is 1. The number of methoxy groups -OCH3 is 2. The number of aliphatic hydroxyl groups is 1. The Bertz CT molecular complexity index is 395. The van der Waals surface area contributed by atoms with Crippen LogP contribution in [0.15, 0.2) is 18.2 Å². The average Bonchev–Trinajstić information content (AvgIpc) is 2.41. The Kier molecular flexibility index (Phi) is 4.31. The summed E-state index contributed by atoms with van der Waals surface area (Å²) in [5.41, 5.74) is 0.957. The van der Waals surface area contributed by atoms with Gasteiger partial charge < -0.3 is 19.9 Å². The zero-order chi connectivity index (χ0) is 13.0. The van der Waals surface area contributed by atoms with Gasteiger partial charge in [0.15, 0.2) is 11.5 Å². The number of rotatable bonds is 4. The maximum absolute atomic E-state index is 9.94. The molecule has 0 aromatic heterocycles. The Hall–Kier alpha value is -1.42. The molecule has 0 spiro atoms. The van der Waals surface area contributed by atoms with Crippen LogP contribution in [-0.2, 0) is 0 Å². The first-order valence-corrected chi connectivity index (χ1v) is 6.41. The summed E-state index contributed by atoms with van der Waals surface area (Å²) < 4.78 is 10.5. The van der Waals surface area contributed by atoms with Crippen molar-refractivity contribution >= 4 is 5.69 Å². The molecule has 1 saturated carbocycles. The van der Waals surface area contributed by atoms with Crippen molar-refractivity contribution in [2.24, 2.45) is 0 Å². The van der Waals surface area contributed by atoms with Crippen LogP contribution in [0.2, 0.25) is 0 Å². The molecule has 1 aromatic rings. The second-order valence-corrected chi connectivity index (χ2v) is 4.67. The first-order chi connectivity index (χ1) is 8.74. The normalized spacial score (nSPS) is 23.5. The maximum Gasteiger partial charge on any atom is 0.162 e. The number of aliphatic hydroxyl groups excluding tert-OH is 1. The van der Waals surface area contributed by atoms with E-state index in [0.717, 1.165) is 24.9 Å². The molecule has 0 unspecified atom stereocenters. The Morgan fingerprint density at radius 2 is 1.83 bits per heavy atom. The standard InChI is InChI=1S/C14H21NO3/c1-17-13-8-7-10(9-14(13)18-2)15-11-5-3-4-6-12(11)16/h7-9,11-12,15-16H,3-6H2,1-2H3/t11-,12-/m0/s1. The van der Waals surface area contributed by atoms with Gasteiger partial charge >= 0.3 is 0 Å². The Balaban J connectivity index is 2.08. The Labute approximate surface area is 108 Å². The zero-order valence-corrected chi connectivity index (χ0v) is 11.0. The van der Waals surface area contributed by atoms with E-state index in [1.54, 1.807) is 14.2 Å². The van der Waals surface area contributed by atoms with Crippen molar-refractivity contribution in [3.8, 4) is 11.5 Å². The summed E-state index contributed by atoms with van der Waals surface area (Å²) in [7, 11) is 3.24. The molecule has 0 bridgehead atoms. The highest BCUT2D eigenvalue weighted by Gasteiger charge is 2.22. The van der Waals surface area contributed by atoms with E-state index in [-0.39, 0.29) is 12.1 Å². The lowest BCUT2D eigenvalue weighted by molar-refractivity contribution is 0.116. The van der Waals surface area contributed by atoms with Crippen LogP contribution in [0.4, 0.5) is 5.69 Å². The van der Waals surface area contributed by atoms with Crippen molar-refractivity contribution in [3.63, 3.8) is 0 Å². The van der Waals surface area contributed by atoms with Crippen LogP contribution >= 0.6 is 0 Å². The van der Waals surface area contributed by atoms with Crippen LogP contribution in [0.25, 0.3) is 0 Å². The lowest BCUT2D eigenvalue weighted by atomic mass is 9.92. The third kappa shape index (κ3) is 2.88. The molecule has 0 radical (unpaired) electrons. The summed E-state index contributed by atoms with van der Waals surface area (Å²) in [5, 5.41) is 13.3. The highest BCUT2D eigenvalue weighted by atomic mass is 16.5. The first kappa shape index (κ1) is 13.0. The van der Waals surface area contributed by atoms with Crippen LogP contribution in [0.5, 0.6) is 11.5 Å². The van der Waals surface area contributed by atoms with Crippen LogP contribution in [0.1, 0.15) is 25.7 Å². The summed E-state index contributed by atoms with van der Waals surface area (Å²) in [6, 6.07) is 5.86. The second-order valence-electron chi connectivity index (χ2n) is 4.67. The van der Waals surface area contributed by atoms with Crippen molar-refractivity contribution in [1.29, 1.82) is 0 Å². The SMILES string of the molecule is COc1ccc(N[C@H]2CCCC[C@@H]2O)cc1OC. The summed E-state index contributed by atoms with van der Waals surface area (Å²) in [6.07, 6.45) is 3.92. The fourth-order valence-corrected chi connectivity index (χ4v) is 2.42. The van der Waals surface area contributed by atoms with E-state index in [4.69, 9.17) is 9.47 Å². The predicted octanol–water partition coefficient (Wildman–Crippen LogP) is 2.42. The van der Waals surface area contributed by atoms with Gasteiger partial charge in [-0.1, -0.05) is 12.8 Å². The zero-order valence-electron chi connectivity index (χ0n) is 11.0.